The summed E-state index contributed by atoms with van der Waals surface area (Å²) in [4.78, 5) is 13.9. The number of ether oxygens (including phenoxy) is 1. The first-order valence-electron chi connectivity index (χ1n) is 6.63. The molecule has 0 aromatic heterocycles. The molecule has 2 heterocycles. The minimum absolute atomic E-state index is 0.197. The largest absolute Gasteiger partial charge is 0.448 e. The Balaban J connectivity index is 2.00. The molecule has 3 rings (SSSR count). The third-order valence-electron chi connectivity index (χ3n) is 4.09. The summed E-state index contributed by atoms with van der Waals surface area (Å²) in [6, 6.07) is 7.84. The average molecular weight is 281 g/mol. The van der Waals surface area contributed by atoms with Crippen LogP contribution in [0.3, 0.4) is 0 Å². The maximum Gasteiger partial charge on any atom is 0.410 e. The normalized spacial score (nSPS) is 22.4. The van der Waals surface area contributed by atoms with Gasteiger partial charge in [0.05, 0.1) is 12.1 Å². The molecule has 1 amide bonds. The summed E-state index contributed by atoms with van der Waals surface area (Å²) in [5, 5.41) is 4.07. The Hall–Kier alpha value is -1.26. The van der Waals surface area contributed by atoms with Crippen LogP contribution in [-0.2, 0) is 10.3 Å². The fourth-order valence-electron chi connectivity index (χ4n) is 3.10. The van der Waals surface area contributed by atoms with Crippen LogP contribution < -0.4 is 5.32 Å². The van der Waals surface area contributed by atoms with Gasteiger partial charge in [-0.05, 0) is 43.6 Å². The molecule has 5 heteroatoms. The summed E-state index contributed by atoms with van der Waals surface area (Å²) in [5.74, 6) is 0. The number of benzene rings is 1. The lowest BCUT2D eigenvalue weighted by Crippen LogP contribution is -2.52. The summed E-state index contributed by atoms with van der Waals surface area (Å²) < 4.78 is 5.13. The molecule has 102 valence electrons. The molecule has 2 aliphatic heterocycles. The summed E-state index contributed by atoms with van der Waals surface area (Å²) in [7, 11) is 0. The minimum Gasteiger partial charge on any atom is -0.448 e. The number of carbonyl (C=O) groups is 1. The van der Waals surface area contributed by atoms with E-state index in [9.17, 15) is 4.79 Å². The van der Waals surface area contributed by atoms with Crippen LogP contribution in [0.2, 0.25) is 5.02 Å². The van der Waals surface area contributed by atoms with E-state index >= 15 is 0 Å². The predicted molar refractivity (Wildman–Crippen MR) is 73.3 cm³/mol. The van der Waals surface area contributed by atoms with Crippen LogP contribution in [0, 0.1) is 0 Å². The molecule has 0 spiro atoms. The van der Waals surface area contributed by atoms with Crippen molar-refractivity contribution < 1.29 is 9.53 Å². The van der Waals surface area contributed by atoms with Crippen molar-refractivity contribution in [2.24, 2.45) is 0 Å². The van der Waals surface area contributed by atoms with Gasteiger partial charge in [0, 0.05) is 5.02 Å². The number of hydrogen-bond donors (Lipinski definition) is 1. The van der Waals surface area contributed by atoms with Crippen molar-refractivity contribution >= 4 is 17.7 Å². The van der Waals surface area contributed by atoms with Gasteiger partial charge in [-0.3, -0.25) is 4.90 Å². The molecule has 0 unspecified atom stereocenters. The van der Waals surface area contributed by atoms with Gasteiger partial charge in [-0.1, -0.05) is 23.7 Å². The van der Waals surface area contributed by atoms with Gasteiger partial charge >= 0.3 is 6.09 Å². The van der Waals surface area contributed by atoms with Gasteiger partial charge in [0.15, 0.2) is 0 Å². The van der Waals surface area contributed by atoms with Gasteiger partial charge in [0.25, 0.3) is 0 Å². The standard InChI is InChI=1S/C14H17ClN2O2/c15-12-3-1-11(2-4-12)14(5-7-16-8-6-14)17-9-10-19-13(17)18/h1-4,16H,5-10H2. The van der Waals surface area contributed by atoms with Crippen LogP contribution >= 0.6 is 11.6 Å². The Morgan fingerprint density at radius 2 is 1.89 bits per heavy atom. The Morgan fingerprint density at radius 1 is 1.21 bits per heavy atom. The molecule has 0 saturated carbocycles. The minimum atomic E-state index is -0.247. The van der Waals surface area contributed by atoms with Gasteiger partial charge in [-0.15, -0.1) is 0 Å². The van der Waals surface area contributed by atoms with E-state index in [0.717, 1.165) is 36.5 Å². The van der Waals surface area contributed by atoms with E-state index in [4.69, 9.17) is 16.3 Å². The van der Waals surface area contributed by atoms with Crippen molar-refractivity contribution in [1.82, 2.24) is 10.2 Å². The molecule has 0 atom stereocenters. The molecule has 19 heavy (non-hydrogen) atoms. The van der Waals surface area contributed by atoms with Crippen molar-refractivity contribution in [2.75, 3.05) is 26.2 Å². The lowest BCUT2D eigenvalue weighted by Gasteiger charge is -2.44. The van der Waals surface area contributed by atoms with Gasteiger partial charge in [0.2, 0.25) is 0 Å². The van der Waals surface area contributed by atoms with E-state index in [0.29, 0.717) is 13.2 Å². The van der Waals surface area contributed by atoms with Crippen LogP contribution in [0.4, 0.5) is 4.79 Å². The number of halogens is 1. The van der Waals surface area contributed by atoms with Gasteiger partial charge < -0.3 is 10.1 Å². The van der Waals surface area contributed by atoms with Gasteiger partial charge in [-0.2, -0.15) is 0 Å². The summed E-state index contributed by atoms with van der Waals surface area (Å²) in [6.07, 6.45) is 1.62. The molecule has 4 nitrogen and oxygen atoms in total. The van der Waals surface area contributed by atoms with Crippen LogP contribution in [0.5, 0.6) is 0 Å². The Labute approximate surface area is 117 Å². The molecule has 2 fully saturated rings. The third-order valence-corrected chi connectivity index (χ3v) is 4.34. The maximum atomic E-state index is 12.0. The van der Waals surface area contributed by atoms with Crippen LogP contribution in [0.1, 0.15) is 18.4 Å². The fraction of sp³-hybridized carbons (Fsp3) is 0.500. The predicted octanol–water partition coefficient (Wildman–Crippen LogP) is 2.37. The molecule has 1 aromatic rings. The molecule has 0 radical (unpaired) electrons. The summed E-state index contributed by atoms with van der Waals surface area (Å²) >= 11 is 5.97. The van der Waals surface area contributed by atoms with Gasteiger partial charge in [0.1, 0.15) is 6.61 Å². The highest BCUT2D eigenvalue weighted by molar-refractivity contribution is 6.30. The Kier molecular flexibility index (Phi) is 3.37. The van der Waals surface area contributed by atoms with Crippen LogP contribution in [-0.4, -0.2) is 37.2 Å². The SMILES string of the molecule is O=C1OCCN1C1(c2ccc(Cl)cc2)CCNCC1. The number of nitrogens with zero attached hydrogens (tertiary/aromatic N) is 1. The number of hydrogen-bond acceptors (Lipinski definition) is 3. The zero-order chi connectivity index (χ0) is 13.3. The van der Waals surface area contributed by atoms with Crippen molar-refractivity contribution in [3.8, 4) is 0 Å². The second-order valence-corrected chi connectivity index (χ2v) is 5.49. The zero-order valence-electron chi connectivity index (χ0n) is 10.7. The van der Waals surface area contributed by atoms with E-state index < -0.39 is 0 Å². The number of rotatable bonds is 2. The Bertz CT molecular complexity index is 469. The van der Waals surface area contributed by atoms with Crippen molar-refractivity contribution in [1.29, 1.82) is 0 Å². The van der Waals surface area contributed by atoms with E-state index in [1.807, 2.05) is 29.2 Å². The quantitative estimate of drug-likeness (QED) is 0.904. The molecule has 1 aromatic carbocycles. The number of nitrogens with one attached hydrogen (secondary N) is 1. The van der Waals surface area contributed by atoms with E-state index in [1.54, 1.807) is 0 Å². The van der Waals surface area contributed by atoms with Gasteiger partial charge in [-0.25, -0.2) is 4.79 Å². The molecule has 1 N–H and O–H groups in total. The van der Waals surface area contributed by atoms with Crippen molar-refractivity contribution in [3.63, 3.8) is 0 Å². The summed E-state index contributed by atoms with van der Waals surface area (Å²) in [5.41, 5.74) is 0.904. The molecule has 0 aliphatic carbocycles. The molecular weight excluding hydrogens is 264 g/mol. The molecular formula is C14H17ClN2O2. The second-order valence-electron chi connectivity index (χ2n) is 5.05. The highest BCUT2D eigenvalue weighted by atomic mass is 35.5. The highest BCUT2D eigenvalue weighted by Crippen LogP contribution is 2.39. The van der Waals surface area contributed by atoms with Crippen molar-refractivity contribution in [2.45, 2.75) is 18.4 Å². The smallest absolute Gasteiger partial charge is 0.410 e. The van der Waals surface area contributed by atoms with E-state index in [1.165, 1.54) is 0 Å². The second kappa shape index (κ2) is 5.02. The molecule has 2 saturated heterocycles. The molecule has 2 aliphatic rings. The number of amides is 1. The third kappa shape index (κ3) is 2.19. The molecule has 0 bridgehead atoms. The van der Waals surface area contributed by atoms with Crippen LogP contribution in [0.25, 0.3) is 0 Å². The summed E-state index contributed by atoms with van der Waals surface area (Å²) in [6.45, 7) is 2.97. The topological polar surface area (TPSA) is 41.6 Å². The van der Waals surface area contributed by atoms with E-state index in [-0.39, 0.29) is 11.6 Å². The fourth-order valence-corrected chi connectivity index (χ4v) is 3.22. The first-order valence-corrected chi connectivity index (χ1v) is 7.01. The van der Waals surface area contributed by atoms with E-state index in [2.05, 4.69) is 5.32 Å². The first-order chi connectivity index (χ1) is 9.22. The first kappa shape index (κ1) is 12.8. The highest BCUT2D eigenvalue weighted by Gasteiger charge is 2.44. The average Bonchev–Trinajstić information content (AvgIpc) is 2.87. The lowest BCUT2D eigenvalue weighted by molar-refractivity contribution is 0.0857. The van der Waals surface area contributed by atoms with Crippen LogP contribution in [0.15, 0.2) is 24.3 Å². The lowest BCUT2D eigenvalue weighted by atomic mass is 9.80. The number of carbonyl (C=O) groups excluding carboxylic acids is 1. The number of cyclic esters (lactones) is 1. The zero-order valence-corrected chi connectivity index (χ0v) is 11.4. The van der Waals surface area contributed by atoms with Crippen molar-refractivity contribution in [3.05, 3.63) is 34.9 Å². The number of piperidine rings is 1. The maximum absolute atomic E-state index is 12.0. The Morgan fingerprint density at radius 3 is 2.47 bits per heavy atom. The monoisotopic (exact) mass is 280 g/mol.